The molecule has 9 heteroatoms. The summed E-state index contributed by atoms with van der Waals surface area (Å²) >= 11 is -1.48. The molecule has 1 aromatic rings. The molecule has 1 unspecified atom stereocenters. The summed E-state index contributed by atoms with van der Waals surface area (Å²) < 4.78 is 68.7. The van der Waals surface area contributed by atoms with Gasteiger partial charge in [-0.05, 0) is 33.8 Å². The van der Waals surface area contributed by atoms with Gasteiger partial charge in [-0.15, -0.1) is 4.72 Å². The van der Waals surface area contributed by atoms with Gasteiger partial charge in [-0.3, -0.25) is 0 Å². The standard InChI is InChI=1S/C13H18F4N2O2S/c1-8(19-22(20)12(2,3)4)10-5-9(14)6-18-11(10)21-7-13(15,16)17/h5-6,8,19H,7H2,1-4H3/t8-,22?/m1/s1. The van der Waals surface area contributed by atoms with Gasteiger partial charge in [-0.25, -0.2) is 9.37 Å². The van der Waals surface area contributed by atoms with E-state index in [1.54, 1.807) is 27.7 Å². The van der Waals surface area contributed by atoms with Crippen LogP contribution in [0, 0.1) is 5.82 Å². The highest BCUT2D eigenvalue weighted by Crippen LogP contribution is 2.27. The van der Waals surface area contributed by atoms with Gasteiger partial charge in [0.25, 0.3) is 0 Å². The molecular weight excluding hydrogens is 324 g/mol. The third kappa shape index (κ3) is 5.98. The summed E-state index contributed by atoms with van der Waals surface area (Å²) in [6.45, 7) is 5.20. The lowest BCUT2D eigenvalue weighted by Crippen LogP contribution is -2.40. The van der Waals surface area contributed by atoms with E-state index in [4.69, 9.17) is 0 Å². The molecule has 0 saturated heterocycles. The van der Waals surface area contributed by atoms with E-state index in [0.717, 1.165) is 12.3 Å². The van der Waals surface area contributed by atoms with Crippen molar-refractivity contribution in [3.8, 4) is 5.88 Å². The molecular formula is C13H18F4N2O2S. The van der Waals surface area contributed by atoms with Crippen LogP contribution in [0.25, 0.3) is 0 Å². The van der Waals surface area contributed by atoms with Gasteiger partial charge < -0.3 is 9.29 Å². The van der Waals surface area contributed by atoms with E-state index >= 15 is 0 Å². The van der Waals surface area contributed by atoms with Crippen molar-refractivity contribution in [3.05, 3.63) is 23.6 Å². The van der Waals surface area contributed by atoms with Crippen LogP contribution in [0.5, 0.6) is 5.88 Å². The number of aromatic nitrogens is 1. The third-order valence-corrected chi connectivity index (χ3v) is 4.20. The summed E-state index contributed by atoms with van der Waals surface area (Å²) in [6, 6.07) is 0.308. The summed E-state index contributed by atoms with van der Waals surface area (Å²) in [5, 5.41) is 0. The third-order valence-electron chi connectivity index (χ3n) is 2.52. The predicted molar refractivity (Wildman–Crippen MR) is 75.2 cm³/mol. The Morgan fingerprint density at radius 3 is 2.45 bits per heavy atom. The zero-order valence-electron chi connectivity index (χ0n) is 12.6. The fraction of sp³-hybridized carbons (Fsp3) is 0.615. The van der Waals surface area contributed by atoms with E-state index in [1.807, 2.05) is 0 Å². The highest BCUT2D eigenvalue weighted by atomic mass is 32.2. The molecule has 0 bridgehead atoms. The fourth-order valence-electron chi connectivity index (χ4n) is 1.42. The second-order valence-electron chi connectivity index (χ2n) is 5.67. The molecule has 126 valence electrons. The molecule has 1 aromatic heterocycles. The van der Waals surface area contributed by atoms with Crippen LogP contribution in [-0.2, 0) is 11.4 Å². The monoisotopic (exact) mass is 342 g/mol. The first kappa shape index (κ1) is 19.0. The Morgan fingerprint density at radius 1 is 1.36 bits per heavy atom. The minimum Gasteiger partial charge on any atom is -0.598 e. The summed E-state index contributed by atoms with van der Waals surface area (Å²) in [7, 11) is 0. The molecule has 1 rings (SSSR count). The van der Waals surface area contributed by atoms with Gasteiger partial charge in [-0.1, -0.05) is 0 Å². The van der Waals surface area contributed by atoms with Crippen LogP contribution in [0.2, 0.25) is 0 Å². The number of ether oxygens (including phenoxy) is 1. The molecule has 0 aliphatic heterocycles. The molecule has 1 N–H and O–H groups in total. The van der Waals surface area contributed by atoms with E-state index in [9.17, 15) is 22.1 Å². The molecule has 1 heterocycles. The van der Waals surface area contributed by atoms with Gasteiger partial charge in [0.1, 0.15) is 10.6 Å². The molecule has 22 heavy (non-hydrogen) atoms. The topological polar surface area (TPSA) is 57.2 Å². The molecule has 4 nitrogen and oxygen atoms in total. The van der Waals surface area contributed by atoms with Gasteiger partial charge in [0.2, 0.25) is 5.88 Å². The lowest BCUT2D eigenvalue weighted by Gasteiger charge is -2.27. The van der Waals surface area contributed by atoms with E-state index in [1.165, 1.54) is 0 Å². The van der Waals surface area contributed by atoms with Crippen LogP contribution in [0.3, 0.4) is 0 Å². The number of alkyl halides is 3. The van der Waals surface area contributed by atoms with Gasteiger partial charge in [0.05, 0.1) is 12.2 Å². The normalized spacial score (nSPS) is 15.5. The van der Waals surface area contributed by atoms with Crippen LogP contribution < -0.4 is 9.46 Å². The predicted octanol–water partition coefficient (Wildman–Crippen LogP) is 3.27. The summed E-state index contributed by atoms with van der Waals surface area (Å²) in [5.41, 5.74) is 0.0712. The average Bonchev–Trinajstić information content (AvgIpc) is 2.34. The average molecular weight is 342 g/mol. The quantitative estimate of drug-likeness (QED) is 0.659. The number of nitrogens with one attached hydrogen (secondary N) is 1. The molecule has 0 amide bonds. The zero-order chi connectivity index (χ0) is 17.1. The van der Waals surface area contributed by atoms with Gasteiger partial charge in [0.15, 0.2) is 6.61 Å². The molecule has 2 atom stereocenters. The van der Waals surface area contributed by atoms with Crippen LogP contribution in [0.4, 0.5) is 17.6 Å². The van der Waals surface area contributed by atoms with Crippen LogP contribution in [0.1, 0.15) is 39.3 Å². The highest BCUT2D eigenvalue weighted by molar-refractivity contribution is 7.90. The van der Waals surface area contributed by atoms with Crippen molar-refractivity contribution in [1.82, 2.24) is 9.71 Å². The minimum absolute atomic E-state index is 0.0712. The molecule has 0 aliphatic carbocycles. The Hall–Kier alpha value is -1.06. The lowest BCUT2D eigenvalue weighted by molar-refractivity contribution is -0.154. The number of hydrogen-bond donors (Lipinski definition) is 1. The van der Waals surface area contributed by atoms with Crippen molar-refractivity contribution in [3.63, 3.8) is 0 Å². The maximum absolute atomic E-state index is 13.3. The molecule has 0 spiro atoms. The van der Waals surface area contributed by atoms with Gasteiger partial charge in [0, 0.05) is 16.9 Å². The summed E-state index contributed by atoms with van der Waals surface area (Å²) in [5.74, 6) is -1.06. The maximum atomic E-state index is 13.3. The molecule has 0 radical (unpaired) electrons. The Morgan fingerprint density at radius 2 is 1.95 bits per heavy atom. The van der Waals surface area contributed by atoms with Crippen molar-refractivity contribution in [2.45, 2.75) is 44.7 Å². The molecule has 0 aromatic carbocycles. The number of hydrogen-bond acceptors (Lipinski definition) is 4. The van der Waals surface area contributed by atoms with E-state index in [0.29, 0.717) is 0 Å². The highest BCUT2D eigenvalue weighted by Gasteiger charge is 2.32. The SMILES string of the molecule is C[C@@H](N[S+]([O-])C(C)(C)C)c1cc(F)cnc1OCC(F)(F)F. The Labute approximate surface area is 129 Å². The zero-order valence-corrected chi connectivity index (χ0v) is 13.4. The molecule has 0 fully saturated rings. The van der Waals surface area contributed by atoms with Crippen LogP contribution in [0.15, 0.2) is 12.3 Å². The van der Waals surface area contributed by atoms with Crippen molar-refractivity contribution in [2.75, 3.05) is 6.61 Å². The van der Waals surface area contributed by atoms with Crippen molar-refractivity contribution < 1.29 is 26.9 Å². The largest absolute Gasteiger partial charge is 0.598 e. The van der Waals surface area contributed by atoms with Crippen molar-refractivity contribution in [2.24, 2.45) is 0 Å². The number of rotatable bonds is 5. The summed E-state index contributed by atoms with van der Waals surface area (Å²) in [6.07, 6.45) is -3.76. The van der Waals surface area contributed by atoms with Crippen molar-refractivity contribution in [1.29, 1.82) is 0 Å². The Kier molecular flexibility index (Phi) is 6.05. The first-order valence-corrected chi connectivity index (χ1v) is 7.58. The number of pyridine rings is 1. The fourth-order valence-corrected chi connectivity index (χ4v) is 2.23. The second-order valence-corrected chi connectivity index (χ2v) is 7.67. The van der Waals surface area contributed by atoms with E-state index in [-0.39, 0.29) is 11.4 Å². The number of nitrogens with zero attached hydrogens (tertiary/aromatic N) is 1. The van der Waals surface area contributed by atoms with Crippen molar-refractivity contribution >= 4 is 11.4 Å². The summed E-state index contributed by atoms with van der Waals surface area (Å²) in [4.78, 5) is 3.54. The molecule has 0 aliphatic rings. The molecule has 0 saturated carbocycles. The van der Waals surface area contributed by atoms with E-state index in [2.05, 4.69) is 14.4 Å². The Bertz CT molecular complexity index is 506. The van der Waals surface area contributed by atoms with Gasteiger partial charge >= 0.3 is 6.18 Å². The first-order valence-electron chi connectivity index (χ1n) is 6.43. The van der Waals surface area contributed by atoms with Crippen LogP contribution >= 0.6 is 0 Å². The number of halogens is 4. The van der Waals surface area contributed by atoms with E-state index < -0.39 is 40.8 Å². The van der Waals surface area contributed by atoms with Gasteiger partial charge in [-0.2, -0.15) is 13.2 Å². The second kappa shape index (κ2) is 7.01. The smallest absolute Gasteiger partial charge is 0.422 e. The Balaban J connectivity index is 2.94. The van der Waals surface area contributed by atoms with Crippen LogP contribution in [-0.4, -0.2) is 27.1 Å². The maximum Gasteiger partial charge on any atom is 0.422 e. The lowest BCUT2D eigenvalue weighted by atomic mass is 10.1. The minimum atomic E-state index is -4.53. The first-order chi connectivity index (χ1) is 9.90.